The molecule has 0 radical (unpaired) electrons. The van der Waals surface area contributed by atoms with Crippen molar-refractivity contribution in [1.82, 2.24) is 9.80 Å². The maximum Gasteiger partial charge on any atom is 0.237 e. The van der Waals surface area contributed by atoms with E-state index >= 15 is 0 Å². The van der Waals surface area contributed by atoms with Crippen molar-refractivity contribution in [2.45, 2.75) is 11.9 Å². The molecule has 0 aliphatic carbocycles. The zero-order valence-electron chi connectivity index (χ0n) is 14.3. The van der Waals surface area contributed by atoms with Gasteiger partial charge in [-0.1, -0.05) is 35.9 Å². The lowest BCUT2D eigenvalue weighted by molar-refractivity contribution is -0.132. The average Bonchev–Trinajstić information content (AvgIpc) is 3.08. The molecular formula is C19H19ClF2N2OS. The summed E-state index contributed by atoms with van der Waals surface area (Å²) >= 11 is 7.94. The van der Waals surface area contributed by atoms with Crippen LogP contribution in [0.3, 0.4) is 0 Å². The van der Waals surface area contributed by atoms with Gasteiger partial charge in [0, 0.05) is 35.0 Å². The van der Waals surface area contributed by atoms with Gasteiger partial charge in [0.05, 0.1) is 6.54 Å². The SMILES string of the molecule is CN(CC(=O)N1CCSC1c1ccccc1Cl)Cc1c(F)cccc1F. The van der Waals surface area contributed by atoms with Crippen molar-refractivity contribution in [2.75, 3.05) is 25.9 Å². The lowest BCUT2D eigenvalue weighted by atomic mass is 10.2. The van der Waals surface area contributed by atoms with Crippen LogP contribution in [0.15, 0.2) is 42.5 Å². The zero-order valence-corrected chi connectivity index (χ0v) is 15.9. The van der Waals surface area contributed by atoms with E-state index in [2.05, 4.69) is 0 Å². The van der Waals surface area contributed by atoms with Gasteiger partial charge in [-0.2, -0.15) is 0 Å². The fraction of sp³-hybridized carbons (Fsp3) is 0.316. The molecule has 1 aliphatic heterocycles. The summed E-state index contributed by atoms with van der Waals surface area (Å²) in [6, 6.07) is 11.3. The molecule has 3 nitrogen and oxygen atoms in total. The first kappa shape index (κ1) is 19.1. The Labute approximate surface area is 160 Å². The van der Waals surface area contributed by atoms with Gasteiger partial charge in [-0.3, -0.25) is 9.69 Å². The highest BCUT2D eigenvalue weighted by Crippen LogP contribution is 2.40. The number of thioether (sulfide) groups is 1. The van der Waals surface area contributed by atoms with Crippen LogP contribution in [0.1, 0.15) is 16.5 Å². The van der Waals surface area contributed by atoms with Gasteiger partial charge in [-0.15, -0.1) is 11.8 Å². The molecule has 1 atom stereocenters. The lowest BCUT2D eigenvalue weighted by Gasteiger charge is -2.27. The first-order chi connectivity index (χ1) is 12.5. The van der Waals surface area contributed by atoms with E-state index in [1.165, 1.54) is 18.2 Å². The molecule has 0 saturated carbocycles. The number of carbonyl (C=O) groups excluding carboxylic acids is 1. The number of nitrogens with zero attached hydrogens (tertiary/aromatic N) is 2. The highest BCUT2D eigenvalue weighted by atomic mass is 35.5. The van der Waals surface area contributed by atoms with Crippen molar-refractivity contribution in [3.05, 3.63) is 70.2 Å². The lowest BCUT2D eigenvalue weighted by Crippen LogP contribution is -2.38. The van der Waals surface area contributed by atoms with Gasteiger partial charge in [0.15, 0.2) is 0 Å². The number of hydrogen-bond donors (Lipinski definition) is 0. The smallest absolute Gasteiger partial charge is 0.237 e. The number of amides is 1. The van der Waals surface area contributed by atoms with Gasteiger partial charge < -0.3 is 4.90 Å². The van der Waals surface area contributed by atoms with E-state index in [-0.39, 0.29) is 29.9 Å². The maximum atomic E-state index is 13.8. The minimum absolute atomic E-state index is 0.0266. The molecule has 1 heterocycles. The predicted molar refractivity (Wildman–Crippen MR) is 101 cm³/mol. The molecule has 2 aromatic carbocycles. The predicted octanol–water partition coefficient (Wildman–Crippen LogP) is 4.32. The Morgan fingerprint density at radius 2 is 1.92 bits per heavy atom. The van der Waals surface area contributed by atoms with Crippen LogP contribution in [-0.2, 0) is 11.3 Å². The Morgan fingerprint density at radius 1 is 1.23 bits per heavy atom. The van der Waals surface area contributed by atoms with E-state index < -0.39 is 11.6 Å². The molecule has 0 bridgehead atoms. The number of halogens is 3. The molecule has 1 fully saturated rings. The summed E-state index contributed by atoms with van der Waals surface area (Å²) in [5.74, 6) is -0.461. The summed E-state index contributed by atoms with van der Waals surface area (Å²) < 4.78 is 27.6. The largest absolute Gasteiger partial charge is 0.325 e. The van der Waals surface area contributed by atoms with Crippen LogP contribution in [0.25, 0.3) is 0 Å². The summed E-state index contributed by atoms with van der Waals surface area (Å²) in [7, 11) is 1.68. The van der Waals surface area contributed by atoms with Gasteiger partial charge in [-0.25, -0.2) is 8.78 Å². The van der Waals surface area contributed by atoms with Gasteiger partial charge in [0.2, 0.25) is 5.91 Å². The van der Waals surface area contributed by atoms with Gasteiger partial charge in [-0.05, 0) is 25.2 Å². The minimum Gasteiger partial charge on any atom is -0.325 e. The number of rotatable bonds is 5. The second-order valence-corrected chi connectivity index (χ2v) is 7.80. The highest BCUT2D eigenvalue weighted by molar-refractivity contribution is 7.99. The second kappa shape index (κ2) is 8.37. The Kier molecular flexibility index (Phi) is 6.16. The summed E-state index contributed by atoms with van der Waals surface area (Å²) in [4.78, 5) is 16.2. The monoisotopic (exact) mass is 396 g/mol. The molecule has 0 N–H and O–H groups in total. The molecule has 7 heteroatoms. The first-order valence-corrected chi connectivity index (χ1v) is 9.67. The van der Waals surface area contributed by atoms with E-state index in [9.17, 15) is 13.6 Å². The normalized spacial score (nSPS) is 17.1. The van der Waals surface area contributed by atoms with Crippen molar-refractivity contribution < 1.29 is 13.6 Å². The third-order valence-electron chi connectivity index (χ3n) is 4.28. The van der Waals surface area contributed by atoms with Gasteiger partial charge in [0.25, 0.3) is 0 Å². The molecule has 0 spiro atoms. The fourth-order valence-electron chi connectivity index (χ4n) is 2.99. The summed E-state index contributed by atoms with van der Waals surface area (Å²) in [6.45, 7) is 0.735. The highest BCUT2D eigenvalue weighted by Gasteiger charge is 2.32. The molecule has 2 aromatic rings. The summed E-state index contributed by atoms with van der Waals surface area (Å²) in [5, 5.41) is 0.501. The maximum absolute atomic E-state index is 13.8. The quantitative estimate of drug-likeness (QED) is 0.751. The van der Waals surface area contributed by atoms with E-state index in [1.807, 2.05) is 24.3 Å². The molecule has 1 unspecified atom stereocenters. The van der Waals surface area contributed by atoms with Crippen molar-refractivity contribution >= 4 is 29.3 Å². The van der Waals surface area contributed by atoms with Crippen LogP contribution >= 0.6 is 23.4 Å². The van der Waals surface area contributed by atoms with Crippen LogP contribution in [0.4, 0.5) is 8.78 Å². The van der Waals surface area contributed by atoms with Crippen LogP contribution in [0, 0.1) is 11.6 Å². The second-order valence-electron chi connectivity index (χ2n) is 6.20. The molecule has 1 aliphatic rings. The van der Waals surface area contributed by atoms with Gasteiger partial charge >= 0.3 is 0 Å². The Morgan fingerprint density at radius 3 is 2.62 bits per heavy atom. The minimum atomic E-state index is -0.602. The van der Waals surface area contributed by atoms with Crippen LogP contribution < -0.4 is 0 Å². The van der Waals surface area contributed by atoms with Gasteiger partial charge in [0.1, 0.15) is 17.0 Å². The summed E-state index contributed by atoms with van der Waals surface area (Å²) in [5.41, 5.74) is 0.883. The number of benzene rings is 2. The van der Waals surface area contributed by atoms with E-state index in [0.29, 0.717) is 11.6 Å². The average molecular weight is 397 g/mol. The first-order valence-electron chi connectivity index (χ1n) is 8.24. The van der Waals surface area contributed by atoms with Crippen LogP contribution in [-0.4, -0.2) is 41.6 Å². The molecule has 1 amide bonds. The van der Waals surface area contributed by atoms with E-state index in [0.717, 1.165) is 11.3 Å². The van der Waals surface area contributed by atoms with Crippen molar-refractivity contribution in [3.8, 4) is 0 Å². The van der Waals surface area contributed by atoms with Crippen LogP contribution in [0.5, 0.6) is 0 Å². The van der Waals surface area contributed by atoms with Crippen molar-refractivity contribution in [1.29, 1.82) is 0 Å². The molecule has 3 rings (SSSR count). The Hall–Kier alpha value is -1.63. The molecular weight excluding hydrogens is 378 g/mol. The topological polar surface area (TPSA) is 23.6 Å². The molecule has 138 valence electrons. The Balaban J connectivity index is 1.68. The molecule has 26 heavy (non-hydrogen) atoms. The van der Waals surface area contributed by atoms with Crippen molar-refractivity contribution in [2.24, 2.45) is 0 Å². The van der Waals surface area contributed by atoms with Crippen LogP contribution in [0.2, 0.25) is 5.02 Å². The van der Waals surface area contributed by atoms with E-state index in [4.69, 9.17) is 11.6 Å². The zero-order chi connectivity index (χ0) is 18.7. The Bertz CT molecular complexity index is 785. The third kappa shape index (κ3) is 4.19. The molecule has 0 aromatic heterocycles. The fourth-order valence-corrected chi connectivity index (χ4v) is 4.61. The van der Waals surface area contributed by atoms with Crippen molar-refractivity contribution in [3.63, 3.8) is 0 Å². The molecule has 1 saturated heterocycles. The number of carbonyl (C=O) groups is 1. The third-order valence-corrected chi connectivity index (χ3v) is 5.86. The van der Waals surface area contributed by atoms with E-state index in [1.54, 1.807) is 28.6 Å². The number of likely N-dealkylation sites (N-methyl/N-ethyl adjacent to an activating group) is 1. The standard InChI is InChI=1S/C19H19ClF2N2OS/c1-23(11-14-16(21)7-4-8-17(14)22)12-18(25)24-9-10-26-19(24)13-5-2-3-6-15(13)20/h2-8,19H,9-12H2,1H3. The number of hydrogen-bond acceptors (Lipinski definition) is 3. The summed E-state index contributed by atoms with van der Waals surface area (Å²) in [6.07, 6.45) is 0.